The Bertz CT molecular complexity index is 957. The van der Waals surface area contributed by atoms with Crippen molar-refractivity contribution in [2.45, 2.75) is 13.0 Å². The van der Waals surface area contributed by atoms with Crippen LogP contribution in [-0.2, 0) is 19.6 Å². The van der Waals surface area contributed by atoms with E-state index in [1.54, 1.807) is 55.5 Å². The summed E-state index contributed by atoms with van der Waals surface area (Å²) in [5, 5.41) is 2.64. The summed E-state index contributed by atoms with van der Waals surface area (Å²) in [6.07, 6.45) is 0.250. The molecule has 2 aromatic carbocycles. The van der Waals surface area contributed by atoms with Crippen LogP contribution in [0, 0.1) is 0 Å². The molecule has 0 bridgehead atoms. The number of anilines is 2. The molecule has 2 rings (SSSR count). The minimum Gasteiger partial charge on any atom is -0.481 e. The molecule has 150 valence electrons. The third-order valence-corrected chi connectivity index (χ3v) is 5.18. The second-order valence-corrected chi connectivity index (χ2v) is 8.02. The lowest BCUT2D eigenvalue weighted by Crippen LogP contribution is -2.30. The van der Waals surface area contributed by atoms with Gasteiger partial charge in [0.2, 0.25) is 10.0 Å². The van der Waals surface area contributed by atoms with Crippen molar-refractivity contribution in [3.63, 3.8) is 0 Å². The predicted octanol–water partition coefficient (Wildman–Crippen LogP) is 2.28. The summed E-state index contributed by atoms with van der Waals surface area (Å²) in [5.41, 5.74) is 1.03. The van der Waals surface area contributed by atoms with Crippen LogP contribution in [0.1, 0.15) is 17.3 Å². The summed E-state index contributed by atoms with van der Waals surface area (Å²) in [7, 11) is -0.657. The minimum absolute atomic E-state index is 0.235. The highest BCUT2D eigenvalue weighted by Gasteiger charge is 2.19. The van der Waals surface area contributed by atoms with Gasteiger partial charge in [0, 0.05) is 7.05 Å². The first-order chi connectivity index (χ1) is 13.1. The van der Waals surface area contributed by atoms with Gasteiger partial charge in [0.15, 0.2) is 6.10 Å². The quantitative estimate of drug-likeness (QED) is 0.708. The van der Waals surface area contributed by atoms with Crippen LogP contribution in [0.3, 0.4) is 0 Å². The highest BCUT2D eigenvalue weighted by Crippen LogP contribution is 2.22. The highest BCUT2D eigenvalue weighted by molar-refractivity contribution is 7.92. The number of hydrogen-bond acceptors (Lipinski definition) is 6. The van der Waals surface area contributed by atoms with E-state index in [1.165, 1.54) is 14.2 Å². The van der Waals surface area contributed by atoms with Crippen LogP contribution in [0.25, 0.3) is 0 Å². The number of carbonyl (C=O) groups excluding carboxylic acids is 2. The molecule has 0 radical (unpaired) electrons. The standard InChI is InChI=1S/C19H22N2O6S/c1-13(18(22)20-17-8-6-5-7-16(17)19(23)26-3)27-15-11-9-14(10-12-15)21(2)28(4,24)25/h5-13H,1-4H3,(H,20,22). The van der Waals surface area contributed by atoms with E-state index in [4.69, 9.17) is 9.47 Å². The maximum absolute atomic E-state index is 12.4. The van der Waals surface area contributed by atoms with E-state index >= 15 is 0 Å². The number of nitrogens with zero attached hydrogens (tertiary/aromatic N) is 1. The molecule has 0 fully saturated rings. The number of amides is 1. The number of benzene rings is 2. The molecule has 1 N–H and O–H groups in total. The van der Waals surface area contributed by atoms with Crippen LogP contribution >= 0.6 is 0 Å². The zero-order valence-corrected chi connectivity index (χ0v) is 16.8. The summed E-state index contributed by atoms with van der Waals surface area (Å²) in [4.78, 5) is 24.2. The number of ether oxygens (including phenoxy) is 2. The van der Waals surface area contributed by atoms with Gasteiger partial charge in [0.05, 0.1) is 30.3 Å². The van der Waals surface area contributed by atoms with Gasteiger partial charge in [-0.2, -0.15) is 0 Å². The third-order valence-electron chi connectivity index (χ3n) is 3.97. The molecule has 0 aromatic heterocycles. The molecule has 8 nitrogen and oxygen atoms in total. The van der Waals surface area contributed by atoms with Crippen LogP contribution in [0.15, 0.2) is 48.5 Å². The first-order valence-corrected chi connectivity index (χ1v) is 10.2. The molecule has 2 aromatic rings. The van der Waals surface area contributed by atoms with E-state index < -0.39 is 28.0 Å². The Labute approximate surface area is 164 Å². The molecule has 0 heterocycles. The van der Waals surface area contributed by atoms with Crippen LogP contribution in [0.2, 0.25) is 0 Å². The van der Waals surface area contributed by atoms with E-state index in [1.807, 2.05) is 0 Å². The summed E-state index contributed by atoms with van der Waals surface area (Å²) in [6.45, 7) is 1.56. The first kappa shape index (κ1) is 21.2. The summed E-state index contributed by atoms with van der Waals surface area (Å²) in [5.74, 6) is -0.613. The molecule has 0 aliphatic carbocycles. The third kappa shape index (κ3) is 5.23. The van der Waals surface area contributed by atoms with Crippen molar-refractivity contribution in [2.75, 3.05) is 30.0 Å². The van der Waals surface area contributed by atoms with Crippen molar-refractivity contribution in [3.8, 4) is 5.75 Å². The van der Waals surface area contributed by atoms with Crippen molar-refractivity contribution >= 4 is 33.3 Å². The van der Waals surface area contributed by atoms with Crippen LogP contribution in [-0.4, -0.2) is 46.8 Å². The Morgan fingerprint density at radius 1 is 1.07 bits per heavy atom. The maximum Gasteiger partial charge on any atom is 0.339 e. The number of methoxy groups -OCH3 is 1. The normalized spacial score (nSPS) is 12.0. The molecule has 0 saturated carbocycles. The lowest BCUT2D eigenvalue weighted by molar-refractivity contribution is -0.122. The Balaban J connectivity index is 2.06. The van der Waals surface area contributed by atoms with E-state index in [0.29, 0.717) is 17.1 Å². The number of rotatable bonds is 7. The zero-order valence-electron chi connectivity index (χ0n) is 16.0. The molecule has 1 atom stereocenters. The largest absolute Gasteiger partial charge is 0.481 e. The number of para-hydroxylation sites is 1. The predicted molar refractivity (Wildman–Crippen MR) is 106 cm³/mol. The monoisotopic (exact) mass is 406 g/mol. The molecular formula is C19H22N2O6S. The van der Waals surface area contributed by atoms with Gasteiger partial charge in [-0.15, -0.1) is 0 Å². The summed E-state index contributed by atoms with van der Waals surface area (Å²) >= 11 is 0. The molecule has 0 spiro atoms. The van der Waals surface area contributed by atoms with Gasteiger partial charge in [-0.05, 0) is 43.3 Å². The minimum atomic E-state index is -3.36. The van der Waals surface area contributed by atoms with E-state index in [2.05, 4.69) is 5.32 Å². The maximum atomic E-state index is 12.4. The fraction of sp³-hybridized carbons (Fsp3) is 0.263. The van der Waals surface area contributed by atoms with Crippen molar-refractivity contribution in [1.29, 1.82) is 0 Å². The first-order valence-electron chi connectivity index (χ1n) is 8.32. The fourth-order valence-corrected chi connectivity index (χ4v) is 2.80. The van der Waals surface area contributed by atoms with Gasteiger partial charge in [-0.3, -0.25) is 9.10 Å². The Kier molecular flexibility index (Phi) is 6.63. The van der Waals surface area contributed by atoms with Gasteiger partial charge < -0.3 is 14.8 Å². The average Bonchev–Trinajstić information content (AvgIpc) is 2.67. The molecule has 1 unspecified atom stereocenters. The zero-order chi connectivity index (χ0) is 20.9. The Hall–Kier alpha value is -3.07. The lowest BCUT2D eigenvalue weighted by Gasteiger charge is -2.18. The van der Waals surface area contributed by atoms with Gasteiger partial charge in [-0.25, -0.2) is 13.2 Å². The molecule has 0 saturated heterocycles. The number of nitrogens with one attached hydrogen (secondary N) is 1. The summed E-state index contributed by atoms with van der Waals surface area (Å²) < 4.78 is 34.6. The smallest absolute Gasteiger partial charge is 0.339 e. The van der Waals surface area contributed by atoms with Gasteiger partial charge in [0.25, 0.3) is 5.91 Å². The Morgan fingerprint density at radius 2 is 1.68 bits per heavy atom. The fourth-order valence-electron chi connectivity index (χ4n) is 2.30. The van der Waals surface area contributed by atoms with Crippen molar-refractivity contribution in [3.05, 3.63) is 54.1 Å². The van der Waals surface area contributed by atoms with E-state index in [9.17, 15) is 18.0 Å². The number of esters is 1. The van der Waals surface area contributed by atoms with Gasteiger partial charge >= 0.3 is 5.97 Å². The summed E-state index contributed by atoms with van der Waals surface area (Å²) in [6, 6.07) is 12.8. The van der Waals surface area contributed by atoms with Gasteiger partial charge in [0.1, 0.15) is 5.75 Å². The van der Waals surface area contributed by atoms with Crippen LogP contribution in [0.4, 0.5) is 11.4 Å². The second kappa shape index (κ2) is 8.75. The molecule has 0 aliphatic heterocycles. The SMILES string of the molecule is COC(=O)c1ccccc1NC(=O)C(C)Oc1ccc(N(C)S(C)(=O)=O)cc1. The van der Waals surface area contributed by atoms with E-state index in [0.717, 1.165) is 10.6 Å². The van der Waals surface area contributed by atoms with E-state index in [-0.39, 0.29) is 5.56 Å². The second-order valence-electron chi connectivity index (χ2n) is 6.01. The topological polar surface area (TPSA) is 102 Å². The highest BCUT2D eigenvalue weighted by atomic mass is 32.2. The number of carbonyl (C=O) groups is 2. The lowest BCUT2D eigenvalue weighted by atomic mass is 10.1. The molecular weight excluding hydrogens is 384 g/mol. The van der Waals surface area contributed by atoms with Crippen molar-refractivity contribution < 1.29 is 27.5 Å². The molecule has 28 heavy (non-hydrogen) atoms. The molecule has 1 amide bonds. The molecule has 9 heteroatoms. The van der Waals surface area contributed by atoms with Crippen molar-refractivity contribution in [2.24, 2.45) is 0 Å². The van der Waals surface area contributed by atoms with Crippen LogP contribution in [0.5, 0.6) is 5.75 Å². The van der Waals surface area contributed by atoms with Crippen LogP contribution < -0.4 is 14.4 Å². The number of hydrogen-bond donors (Lipinski definition) is 1. The van der Waals surface area contributed by atoms with Crippen molar-refractivity contribution in [1.82, 2.24) is 0 Å². The van der Waals surface area contributed by atoms with Gasteiger partial charge in [-0.1, -0.05) is 12.1 Å². The Morgan fingerprint density at radius 3 is 2.25 bits per heavy atom. The average molecular weight is 406 g/mol. The molecule has 0 aliphatic rings. The number of sulfonamides is 1.